The van der Waals surface area contributed by atoms with Crippen LogP contribution in [0.5, 0.6) is 0 Å². The van der Waals surface area contributed by atoms with Crippen molar-refractivity contribution in [3.05, 3.63) is 38.8 Å². The van der Waals surface area contributed by atoms with E-state index in [2.05, 4.69) is 9.97 Å². The van der Waals surface area contributed by atoms with E-state index in [0.29, 0.717) is 16.4 Å². The molecule has 8 heteroatoms. The predicted octanol–water partition coefficient (Wildman–Crippen LogP) is 3.51. The first-order valence-electron chi connectivity index (χ1n) is 4.79. The van der Waals surface area contributed by atoms with E-state index in [4.69, 9.17) is 16.0 Å². The Morgan fingerprint density at radius 2 is 2.28 bits per heavy atom. The van der Waals surface area contributed by atoms with Gasteiger partial charge in [-0.25, -0.2) is 9.97 Å². The maximum atomic E-state index is 10.7. The second kappa shape index (κ2) is 4.04. The van der Waals surface area contributed by atoms with Gasteiger partial charge in [-0.2, -0.15) is 0 Å². The minimum absolute atomic E-state index is 0.130. The van der Waals surface area contributed by atoms with Gasteiger partial charge in [0.1, 0.15) is 5.52 Å². The molecule has 0 N–H and O–H groups in total. The number of non-ortho nitro benzene ring substituents is 1. The van der Waals surface area contributed by atoms with Gasteiger partial charge in [-0.05, 0) is 0 Å². The molecule has 0 aliphatic heterocycles. The Hall–Kier alpha value is -1.99. The lowest BCUT2D eigenvalue weighted by atomic mass is 10.3. The molecule has 0 fully saturated rings. The fourth-order valence-corrected chi connectivity index (χ4v) is 2.31. The molecular formula is C10H4ClN3O3S. The molecule has 0 atom stereocenters. The van der Waals surface area contributed by atoms with Crippen LogP contribution in [-0.2, 0) is 0 Å². The topological polar surface area (TPSA) is 82.1 Å². The third-order valence-electron chi connectivity index (χ3n) is 2.26. The zero-order chi connectivity index (χ0) is 12.7. The summed E-state index contributed by atoms with van der Waals surface area (Å²) in [6.45, 7) is 0. The summed E-state index contributed by atoms with van der Waals surface area (Å²) < 4.78 is 5.43. The monoisotopic (exact) mass is 281 g/mol. The van der Waals surface area contributed by atoms with Gasteiger partial charge >= 0.3 is 0 Å². The van der Waals surface area contributed by atoms with E-state index in [-0.39, 0.29) is 16.3 Å². The van der Waals surface area contributed by atoms with Crippen LogP contribution >= 0.6 is 22.9 Å². The van der Waals surface area contributed by atoms with E-state index in [1.807, 2.05) is 0 Å². The van der Waals surface area contributed by atoms with Crippen LogP contribution in [0.3, 0.4) is 0 Å². The molecule has 0 unspecified atom stereocenters. The number of oxazole rings is 1. The van der Waals surface area contributed by atoms with Crippen LogP contribution in [0.25, 0.3) is 22.0 Å². The van der Waals surface area contributed by atoms with Gasteiger partial charge in [-0.1, -0.05) is 11.6 Å². The van der Waals surface area contributed by atoms with Gasteiger partial charge < -0.3 is 4.42 Å². The lowest BCUT2D eigenvalue weighted by Crippen LogP contribution is -1.87. The molecular weight excluding hydrogens is 278 g/mol. The van der Waals surface area contributed by atoms with Crippen LogP contribution in [0.1, 0.15) is 0 Å². The van der Waals surface area contributed by atoms with E-state index < -0.39 is 4.92 Å². The Balaban J connectivity index is 2.23. The van der Waals surface area contributed by atoms with Crippen molar-refractivity contribution >= 4 is 39.7 Å². The lowest BCUT2D eigenvalue weighted by molar-refractivity contribution is -0.384. The molecule has 0 aliphatic rings. The highest BCUT2D eigenvalue weighted by Crippen LogP contribution is 2.32. The summed E-state index contributed by atoms with van der Waals surface area (Å²) in [6.07, 6.45) is 1.62. The zero-order valence-corrected chi connectivity index (χ0v) is 10.2. The van der Waals surface area contributed by atoms with Crippen LogP contribution in [0.4, 0.5) is 5.69 Å². The van der Waals surface area contributed by atoms with Gasteiger partial charge in [-0.15, -0.1) is 11.3 Å². The Morgan fingerprint density at radius 3 is 2.94 bits per heavy atom. The van der Waals surface area contributed by atoms with Gasteiger partial charge in [0.15, 0.2) is 10.6 Å². The number of aromatic nitrogens is 2. The second-order valence-corrected chi connectivity index (χ2v) is 4.69. The highest BCUT2D eigenvalue weighted by atomic mass is 35.5. The molecule has 90 valence electrons. The minimum Gasteiger partial charge on any atom is -0.434 e. The van der Waals surface area contributed by atoms with Gasteiger partial charge in [-0.3, -0.25) is 10.1 Å². The Labute approximate surface area is 109 Å². The van der Waals surface area contributed by atoms with Crippen molar-refractivity contribution < 1.29 is 9.34 Å². The van der Waals surface area contributed by atoms with E-state index in [9.17, 15) is 10.1 Å². The molecule has 0 radical (unpaired) electrons. The number of halogens is 1. The summed E-state index contributed by atoms with van der Waals surface area (Å²) >= 11 is 7.30. The van der Waals surface area contributed by atoms with Gasteiger partial charge in [0.25, 0.3) is 11.6 Å². The normalized spacial score (nSPS) is 10.9. The number of rotatable bonds is 2. The molecule has 6 nitrogen and oxygen atoms in total. The van der Waals surface area contributed by atoms with Gasteiger partial charge in [0, 0.05) is 17.6 Å². The van der Waals surface area contributed by atoms with Crippen molar-refractivity contribution in [2.24, 2.45) is 0 Å². The zero-order valence-electron chi connectivity index (χ0n) is 8.66. The maximum absolute atomic E-state index is 10.7. The molecule has 0 spiro atoms. The quantitative estimate of drug-likeness (QED) is 0.530. The third-order valence-corrected chi connectivity index (χ3v) is 3.31. The van der Waals surface area contributed by atoms with Crippen molar-refractivity contribution in [2.75, 3.05) is 0 Å². The average molecular weight is 282 g/mol. The average Bonchev–Trinajstić information content (AvgIpc) is 2.96. The van der Waals surface area contributed by atoms with Gasteiger partial charge in [0.05, 0.1) is 16.0 Å². The van der Waals surface area contributed by atoms with E-state index in [0.717, 1.165) is 0 Å². The predicted molar refractivity (Wildman–Crippen MR) is 66.8 cm³/mol. The molecule has 2 heterocycles. The number of hydrogen-bond donors (Lipinski definition) is 0. The Bertz CT molecular complexity index is 738. The number of benzene rings is 1. The van der Waals surface area contributed by atoms with Crippen LogP contribution in [-0.4, -0.2) is 14.9 Å². The van der Waals surface area contributed by atoms with Crippen LogP contribution in [0.15, 0.2) is 28.1 Å². The number of nitrogens with zero attached hydrogens (tertiary/aromatic N) is 3. The molecule has 0 amide bonds. The lowest BCUT2D eigenvalue weighted by Gasteiger charge is -1.92. The van der Waals surface area contributed by atoms with Crippen LogP contribution in [0.2, 0.25) is 5.02 Å². The highest BCUT2D eigenvalue weighted by molar-refractivity contribution is 7.12. The highest BCUT2D eigenvalue weighted by Gasteiger charge is 2.17. The summed E-state index contributed by atoms with van der Waals surface area (Å²) in [6, 6.07) is 2.54. The molecule has 2 aromatic heterocycles. The Morgan fingerprint density at radius 1 is 1.44 bits per heavy atom. The molecule has 0 bridgehead atoms. The molecule has 0 saturated heterocycles. The fraction of sp³-hybridized carbons (Fsp3) is 0. The summed E-state index contributed by atoms with van der Waals surface area (Å²) in [5.41, 5.74) is 0.543. The fourth-order valence-electron chi connectivity index (χ4n) is 1.50. The summed E-state index contributed by atoms with van der Waals surface area (Å²) in [5, 5.41) is 13.3. The van der Waals surface area contributed by atoms with Crippen molar-refractivity contribution in [2.45, 2.75) is 0 Å². The number of thiazole rings is 1. The van der Waals surface area contributed by atoms with Crippen molar-refractivity contribution in [3.8, 4) is 10.9 Å². The second-order valence-electron chi connectivity index (χ2n) is 3.39. The third kappa shape index (κ3) is 1.73. The SMILES string of the molecule is O=[N+]([O-])c1cc(Cl)c2nc(-c3nccs3)oc2c1. The van der Waals surface area contributed by atoms with Gasteiger partial charge in [0.2, 0.25) is 0 Å². The van der Waals surface area contributed by atoms with E-state index in [1.165, 1.54) is 23.5 Å². The minimum atomic E-state index is -0.531. The molecule has 18 heavy (non-hydrogen) atoms. The van der Waals surface area contributed by atoms with E-state index >= 15 is 0 Å². The first-order valence-corrected chi connectivity index (χ1v) is 6.05. The number of nitro benzene ring substituents is 1. The smallest absolute Gasteiger partial charge is 0.274 e. The number of fused-ring (bicyclic) bond motifs is 1. The summed E-state index contributed by atoms with van der Waals surface area (Å²) in [4.78, 5) is 18.4. The van der Waals surface area contributed by atoms with Crippen molar-refractivity contribution in [1.82, 2.24) is 9.97 Å². The van der Waals surface area contributed by atoms with Crippen molar-refractivity contribution in [1.29, 1.82) is 0 Å². The first-order chi connectivity index (χ1) is 8.65. The van der Waals surface area contributed by atoms with Crippen molar-refractivity contribution in [3.63, 3.8) is 0 Å². The molecule has 3 rings (SSSR count). The summed E-state index contributed by atoms with van der Waals surface area (Å²) in [5.74, 6) is 0.308. The molecule has 0 saturated carbocycles. The standard InChI is InChI=1S/C10H4ClN3O3S/c11-6-3-5(14(15)16)4-7-8(6)13-9(17-7)10-12-1-2-18-10/h1-4H. The van der Waals surface area contributed by atoms with Crippen LogP contribution < -0.4 is 0 Å². The van der Waals surface area contributed by atoms with E-state index in [1.54, 1.807) is 11.6 Å². The molecule has 1 aromatic carbocycles. The maximum Gasteiger partial charge on any atom is 0.274 e. The Kier molecular flexibility index (Phi) is 2.49. The number of hydrogen-bond acceptors (Lipinski definition) is 6. The largest absolute Gasteiger partial charge is 0.434 e. The number of nitro groups is 1. The first kappa shape index (κ1) is 11.1. The summed E-state index contributed by atoms with van der Waals surface area (Å²) in [7, 11) is 0. The molecule has 0 aliphatic carbocycles. The van der Waals surface area contributed by atoms with Crippen LogP contribution in [0, 0.1) is 10.1 Å². The molecule has 3 aromatic rings.